The summed E-state index contributed by atoms with van der Waals surface area (Å²) in [6, 6.07) is 66.8. The highest BCUT2D eigenvalue weighted by Crippen LogP contribution is 2.45. The highest BCUT2D eigenvalue weighted by atomic mass is 14.2. The Labute approximate surface area is 304 Å². The fourth-order valence-corrected chi connectivity index (χ4v) is 8.57. The first-order chi connectivity index (χ1) is 25.8. The van der Waals surface area contributed by atoms with Crippen molar-refractivity contribution in [1.82, 2.24) is 0 Å². The molecule has 9 aromatic rings. The lowest BCUT2D eigenvalue weighted by atomic mass is 9.81. The fourth-order valence-electron chi connectivity index (χ4n) is 8.57. The third-order valence-electron chi connectivity index (χ3n) is 10.9. The first kappa shape index (κ1) is 30.3. The van der Waals surface area contributed by atoms with Crippen molar-refractivity contribution in [2.75, 3.05) is 0 Å². The van der Waals surface area contributed by atoms with Crippen molar-refractivity contribution in [3.8, 4) is 55.6 Å². The van der Waals surface area contributed by atoms with Crippen LogP contribution in [0.5, 0.6) is 0 Å². The van der Waals surface area contributed by atoms with E-state index >= 15 is 0 Å². The third kappa shape index (κ3) is 4.99. The molecule has 0 nitrogen and oxygen atoms in total. The van der Waals surface area contributed by atoms with Gasteiger partial charge in [-0.05, 0) is 111 Å². The quantitative estimate of drug-likeness (QED) is 0.161. The number of hydrogen-bond donors (Lipinski definition) is 0. The van der Waals surface area contributed by atoms with Gasteiger partial charge in [0, 0.05) is 0 Å². The van der Waals surface area contributed by atoms with Crippen LogP contribution >= 0.6 is 0 Å². The Balaban J connectivity index is 1.25. The lowest BCUT2D eigenvalue weighted by Crippen LogP contribution is -2.31. The van der Waals surface area contributed by atoms with E-state index in [4.69, 9.17) is 0 Å². The van der Waals surface area contributed by atoms with Gasteiger partial charge in [0.1, 0.15) is 0 Å². The monoisotopic (exact) mass is 660 g/mol. The molecule has 0 radical (unpaired) electrons. The molecule has 52 heavy (non-hydrogen) atoms. The van der Waals surface area contributed by atoms with Crippen LogP contribution in [0.3, 0.4) is 0 Å². The zero-order valence-corrected chi connectivity index (χ0v) is 28.9. The Hall–Kier alpha value is -6.50. The van der Waals surface area contributed by atoms with Gasteiger partial charge in [-0.1, -0.05) is 194 Å². The third-order valence-corrected chi connectivity index (χ3v) is 10.9. The summed E-state index contributed by atoms with van der Waals surface area (Å²) in [5, 5.41) is 10.4. The summed E-state index contributed by atoms with van der Waals surface area (Å²) < 4.78 is 0. The first-order valence-electron chi connectivity index (χ1n) is 18.3. The van der Waals surface area contributed by atoms with E-state index in [2.05, 4.69) is 194 Å². The highest BCUT2D eigenvalue weighted by molar-refractivity contribution is 6.24. The van der Waals surface area contributed by atoms with Crippen LogP contribution in [-0.2, 0) is 0 Å². The Bertz CT molecular complexity index is 2840. The number of benzene rings is 9. The Morgan fingerprint density at radius 2 is 0.500 bits per heavy atom. The van der Waals surface area contributed by atoms with Crippen LogP contribution in [0, 0.1) is 0 Å². The van der Waals surface area contributed by atoms with Gasteiger partial charge in [-0.2, -0.15) is 0 Å². The lowest BCUT2D eigenvalue weighted by molar-refractivity contribution is 1.12. The Morgan fingerprint density at radius 1 is 0.212 bits per heavy atom. The fraction of sp³-hybridized carbons (Fsp3) is 0.0385. The molecule has 0 spiro atoms. The average Bonchev–Trinajstić information content (AvgIpc) is 3.23. The molecule has 9 aromatic carbocycles. The van der Waals surface area contributed by atoms with Gasteiger partial charge in [-0.3, -0.25) is 0 Å². The summed E-state index contributed by atoms with van der Waals surface area (Å²) in [5.74, 6) is 0. The van der Waals surface area contributed by atoms with Crippen LogP contribution in [0.2, 0.25) is 0 Å². The summed E-state index contributed by atoms with van der Waals surface area (Å²) in [7, 11) is 0. The Kier molecular flexibility index (Phi) is 7.40. The summed E-state index contributed by atoms with van der Waals surface area (Å²) in [6.07, 6.45) is 7.06. The van der Waals surface area contributed by atoms with Crippen molar-refractivity contribution < 1.29 is 0 Å². The molecule has 1 aliphatic carbocycles. The summed E-state index contributed by atoms with van der Waals surface area (Å²) in [5.41, 5.74) is 12.7. The standard InChI is InChI=1S/C52H36/c1-3-15-35(16-4-1)37-27-31-39(32-28-37)49-41-19-7-11-23-45(41)51(46-24-12-8-20-42(46)49)52-47-25-13-9-21-43(47)50(44-22-10-14-26-48(44)52)40-33-29-38(30-34-40)36-17-5-2-6-18-36/h1-9,11-13,15-34H,10,14H2. The molecule has 0 heterocycles. The molecule has 0 unspecified atom stereocenters. The zero-order valence-electron chi connectivity index (χ0n) is 28.9. The molecule has 10 rings (SSSR count). The van der Waals surface area contributed by atoms with Crippen molar-refractivity contribution >= 4 is 44.5 Å². The highest BCUT2D eigenvalue weighted by Gasteiger charge is 2.22. The van der Waals surface area contributed by atoms with Crippen molar-refractivity contribution in [3.63, 3.8) is 0 Å². The largest absolute Gasteiger partial charge is 0.0757 e. The van der Waals surface area contributed by atoms with Gasteiger partial charge in [0.15, 0.2) is 0 Å². The second-order valence-electron chi connectivity index (χ2n) is 13.8. The molecule has 0 N–H and O–H groups in total. The topological polar surface area (TPSA) is 0 Å². The minimum absolute atomic E-state index is 1.03. The van der Waals surface area contributed by atoms with Gasteiger partial charge in [0.05, 0.1) is 0 Å². The van der Waals surface area contributed by atoms with Crippen LogP contribution in [-0.4, -0.2) is 0 Å². The van der Waals surface area contributed by atoms with Crippen molar-refractivity contribution in [3.05, 3.63) is 192 Å². The van der Waals surface area contributed by atoms with E-state index in [1.165, 1.54) is 98.4 Å². The number of hydrogen-bond acceptors (Lipinski definition) is 0. The molecular formula is C52H36. The lowest BCUT2D eigenvalue weighted by Gasteiger charge is -2.22. The second-order valence-corrected chi connectivity index (χ2v) is 13.8. The number of fused-ring (bicyclic) bond motifs is 4. The van der Waals surface area contributed by atoms with Crippen molar-refractivity contribution in [2.45, 2.75) is 12.8 Å². The molecule has 0 saturated carbocycles. The maximum atomic E-state index is 2.50. The predicted octanol–water partition coefficient (Wildman–Crippen LogP) is 12.8. The average molecular weight is 661 g/mol. The number of rotatable bonds is 5. The molecule has 0 atom stereocenters. The minimum atomic E-state index is 1.03. The van der Waals surface area contributed by atoms with E-state index in [0.717, 1.165) is 12.8 Å². The SMILES string of the molecule is C1=c2c(-c3ccc(-c4ccccc4)cc3)c3ccccc3c(-c3c4ccccc4c(-c4ccc(-c5ccccc5)cc4)c4ccccc34)c2=CCC1. The van der Waals surface area contributed by atoms with E-state index in [1.54, 1.807) is 0 Å². The summed E-state index contributed by atoms with van der Waals surface area (Å²) >= 11 is 0. The molecule has 244 valence electrons. The molecule has 1 aliphatic rings. The molecule has 0 aliphatic heterocycles. The van der Waals surface area contributed by atoms with Gasteiger partial charge in [-0.15, -0.1) is 0 Å². The van der Waals surface area contributed by atoms with Gasteiger partial charge < -0.3 is 0 Å². The maximum absolute atomic E-state index is 2.50. The van der Waals surface area contributed by atoms with Crippen LogP contribution in [0.25, 0.3) is 100 Å². The van der Waals surface area contributed by atoms with E-state index in [-0.39, 0.29) is 0 Å². The second kappa shape index (κ2) is 12.7. The molecule has 0 amide bonds. The van der Waals surface area contributed by atoms with Crippen LogP contribution in [0.15, 0.2) is 182 Å². The van der Waals surface area contributed by atoms with Gasteiger partial charge in [-0.25, -0.2) is 0 Å². The van der Waals surface area contributed by atoms with E-state index in [0.29, 0.717) is 0 Å². The smallest absolute Gasteiger partial charge is 0.00140 e. The van der Waals surface area contributed by atoms with Gasteiger partial charge >= 0.3 is 0 Å². The molecule has 0 saturated heterocycles. The minimum Gasteiger partial charge on any atom is -0.0757 e. The van der Waals surface area contributed by atoms with Crippen molar-refractivity contribution in [1.29, 1.82) is 0 Å². The van der Waals surface area contributed by atoms with Crippen LogP contribution in [0.4, 0.5) is 0 Å². The van der Waals surface area contributed by atoms with E-state index in [1.807, 2.05) is 0 Å². The van der Waals surface area contributed by atoms with Crippen LogP contribution in [0.1, 0.15) is 12.8 Å². The maximum Gasteiger partial charge on any atom is -0.00140 e. The first-order valence-corrected chi connectivity index (χ1v) is 18.3. The van der Waals surface area contributed by atoms with Gasteiger partial charge in [0.2, 0.25) is 0 Å². The van der Waals surface area contributed by atoms with E-state index < -0.39 is 0 Å². The van der Waals surface area contributed by atoms with Crippen LogP contribution < -0.4 is 10.4 Å². The molecule has 0 fully saturated rings. The van der Waals surface area contributed by atoms with Gasteiger partial charge in [0.25, 0.3) is 0 Å². The molecule has 0 bridgehead atoms. The summed E-state index contributed by atoms with van der Waals surface area (Å²) in [6.45, 7) is 0. The zero-order chi connectivity index (χ0) is 34.4. The molecule has 0 heteroatoms. The predicted molar refractivity (Wildman–Crippen MR) is 224 cm³/mol. The normalized spacial score (nSPS) is 12.4. The molecule has 0 aromatic heterocycles. The van der Waals surface area contributed by atoms with E-state index in [9.17, 15) is 0 Å². The summed E-state index contributed by atoms with van der Waals surface area (Å²) in [4.78, 5) is 0. The Morgan fingerprint density at radius 3 is 0.942 bits per heavy atom. The van der Waals surface area contributed by atoms with Crippen molar-refractivity contribution in [2.24, 2.45) is 0 Å². The molecular weight excluding hydrogens is 625 g/mol.